The molecule has 1 heterocycles. The molecule has 3 aliphatic rings. The fraction of sp³-hybridized carbons (Fsp3) is 0.682. The van der Waals surface area contributed by atoms with Gasteiger partial charge in [-0.05, 0) is 48.0 Å². The number of carbonyl (C=O) groups is 1. The summed E-state index contributed by atoms with van der Waals surface area (Å²) < 4.78 is 26.3. The molecule has 5 nitrogen and oxygen atoms in total. The highest BCUT2D eigenvalue weighted by atomic mass is 19.1. The highest BCUT2D eigenvalue weighted by molar-refractivity contribution is 5.76. The number of fused-ring (bicyclic) bond motifs is 1. The van der Waals surface area contributed by atoms with Crippen LogP contribution in [0.3, 0.4) is 0 Å². The van der Waals surface area contributed by atoms with Gasteiger partial charge in [-0.15, -0.1) is 0 Å². The predicted octanol–water partition coefficient (Wildman–Crippen LogP) is 3.22. The molecule has 3 fully saturated rings. The van der Waals surface area contributed by atoms with Gasteiger partial charge in [-0.1, -0.05) is 26.0 Å². The van der Waals surface area contributed by atoms with Gasteiger partial charge >= 0.3 is 0 Å². The van der Waals surface area contributed by atoms with Gasteiger partial charge in [0.2, 0.25) is 5.91 Å². The third kappa shape index (κ3) is 2.76. The molecule has 0 radical (unpaired) electrons. The number of halogens is 1. The van der Waals surface area contributed by atoms with Gasteiger partial charge in [-0.25, -0.2) is 4.39 Å². The zero-order chi connectivity index (χ0) is 20.1. The minimum atomic E-state index is -0.352. The molecule has 6 heteroatoms. The van der Waals surface area contributed by atoms with Crippen LogP contribution in [0.15, 0.2) is 18.2 Å². The lowest BCUT2D eigenvalue weighted by Gasteiger charge is -2.53. The van der Waals surface area contributed by atoms with E-state index >= 15 is 4.39 Å². The maximum atomic E-state index is 15.0. The summed E-state index contributed by atoms with van der Waals surface area (Å²) in [5.74, 6) is 0.374. The minimum absolute atomic E-state index is 0.00266. The molecule has 5 atom stereocenters. The number of amides is 1. The van der Waals surface area contributed by atoms with Crippen LogP contribution < -0.4 is 10.1 Å². The molecular weight excluding hydrogens is 361 g/mol. The predicted molar refractivity (Wildman–Crippen MR) is 102 cm³/mol. The number of hydrogen-bond donors (Lipinski definition) is 2. The molecule has 1 aromatic rings. The summed E-state index contributed by atoms with van der Waals surface area (Å²) in [6.45, 7) is 4.85. The monoisotopic (exact) mass is 391 g/mol. The van der Waals surface area contributed by atoms with Crippen LogP contribution in [0.2, 0.25) is 0 Å². The van der Waals surface area contributed by atoms with Crippen molar-refractivity contribution in [2.24, 2.45) is 22.7 Å². The first-order valence-corrected chi connectivity index (χ1v) is 10.2. The fourth-order valence-electron chi connectivity index (χ4n) is 6.34. The third-order valence-electron chi connectivity index (χ3n) is 7.67. The maximum Gasteiger partial charge on any atom is 0.222 e. The van der Waals surface area contributed by atoms with Crippen molar-refractivity contribution in [3.63, 3.8) is 0 Å². The topological polar surface area (TPSA) is 67.8 Å². The first kappa shape index (κ1) is 19.6. The van der Waals surface area contributed by atoms with Crippen molar-refractivity contribution >= 4 is 5.91 Å². The number of carbonyl (C=O) groups excluding carboxylic acids is 1. The van der Waals surface area contributed by atoms with Crippen molar-refractivity contribution in [1.29, 1.82) is 0 Å². The van der Waals surface area contributed by atoms with Crippen LogP contribution in [0, 0.1) is 28.5 Å². The molecule has 1 aromatic carbocycles. The van der Waals surface area contributed by atoms with E-state index in [1.165, 1.54) is 7.11 Å². The Labute approximate surface area is 165 Å². The van der Waals surface area contributed by atoms with Gasteiger partial charge in [0.05, 0.1) is 19.8 Å². The molecule has 1 spiro atoms. The quantitative estimate of drug-likeness (QED) is 0.809. The second kappa shape index (κ2) is 6.99. The minimum Gasteiger partial charge on any atom is -0.494 e. The number of aliphatic hydroxyl groups is 1. The Bertz CT molecular complexity index is 767. The van der Waals surface area contributed by atoms with E-state index in [4.69, 9.17) is 14.6 Å². The Morgan fingerprint density at radius 1 is 1.43 bits per heavy atom. The Hall–Kier alpha value is -1.66. The molecule has 1 aliphatic heterocycles. The van der Waals surface area contributed by atoms with E-state index in [-0.39, 0.29) is 59.4 Å². The molecule has 2 saturated carbocycles. The molecule has 2 aliphatic carbocycles. The molecule has 0 aromatic heterocycles. The van der Waals surface area contributed by atoms with Crippen molar-refractivity contribution in [3.05, 3.63) is 29.6 Å². The highest BCUT2D eigenvalue weighted by Gasteiger charge is 2.68. The van der Waals surface area contributed by atoms with Gasteiger partial charge in [-0.2, -0.15) is 0 Å². The van der Waals surface area contributed by atoms with E-state index in [1.54, 1.807) is 18.2 Å². The SMILES string of the molecule is COc1cccc([C@H]2OCCC34C[C@@H](C[C@H]23)C(C)(C)[C@H]4NC(=O)CCO)c1F. The van der Waals surface area contributed by atoms with E-state index in [2.05, 4.69) is 19.2 Å². The average Bonchev–Trinajstić information content (AvgIpc) is 3.15. The molecule has 1 saturated heterocycles. The summed E-state index contributed by atoms with van der Waals surface area (Å²) in [6.07, 6.45) is 2.65. The van der Waals surface area contributed by atoms with Gasteiger partial charge in [0.1, 0.15) is 0 Å². The van der Waals surface area contributed by atoms with Crippen LogP contribution in [0.4, 0.5) is 4.39 Å². The summed E-state index contributed by atoms with van der Waals surface area (Å²) in [5, 5.41) is 12.4. The van der Waals surface area contributed by atoms with Crippen LogP contribution in [-0.4, -0.2) is 37.4 Å². The lowest BCUT2D eigenvalue weighted by molar-refractivity contribution is -0.138. The number of rotatable bonds is 5. The lowest BCUT2D eigenvalue weighted by Crippen LogP contribution is -2.59. The zero-order valence-corrected chi connectivity index (χ0v) is 16.8. The number of nitrogens with one attached hydrogen (secondary N) is 1. The molecular formula is C22H30FNO4. The van der Waals surface area contributed by atoms with Crippen LogP contribution in [-0.2, 0) is 9.53 Å². The van der Waals surface area contributed by atoms with E-state index in [1.807, 2.05) is 0 Å². The van der Waals surface area contributed by atoms with Gasteiger partial charge in [0.15, 0.2) is 11.6 Å². The van der Waals surface area contributed by atoms with Crippen molar-refractivity contribution in [1.82, 2.24) is 5.32 Å². The maximum absolute atomic E-state index is 15.0. The Morgan fingerprint density at radius 2 is 2.21 bits per heavy atom. The molecule has 28 heavy (non-hydrogen) atoms. The second-order valence-corrected chi connectivity index (χ2v) is 9.18. The third-order valence-corrected chi connectivity index (χ3v) is 7.67. The average molecular weight is 391 g/mol. The summed E-state index contributed by atoms with van der Waals surface area (Å²) >= 11 is 0. The smallest absolute Gasteiger partial charge is 0.222 e. The van der Waals surface area contributed by atoms with Gasteiger partial charge < -0.3 is 19.9 Å². The number of aliphatic hydroxyl groups excluding tert-OH is 1. The van der Waals surface area contributed by atoms with Crippen molar-refractivity contribution in [3.8, 4) is 5.75 Å². The Balaban J connectivity index is 1.69. The molecule has 2 bridgehead atoms. The number of hydrogen-bond acceptors (Lipinski definition) is 4. The van der Waals surface area contributed by atoms with Crippen LogP contribution in [0.25, 0.3) is 0 Å². The molecule has 154 valence electrons. The summed E-state index contributed by atoms with van der Waals surface area (Å²) in [7, 11) is 1.47. The molecule has 1 amide bonds. The lowest BCUT2D eigenvalue weighted by atomic mass is 9.58. The van der Waals surface area contributed by atoms with Crippen molar-refractivity contribution in [2.45, 2.75) is 51.7 Å². The second-order valence-electron chi connectivity index (χ2n) is 9.18. The summed E-state index contributed by atoms with van der Waals surface area (Å²) in [6, 6.07) is 5.22. The van der Waals surface area contributed by atoms with Gasteiger partial charge in [0, 0.05) is 24.6 Å². The van der Waals surface area contributed by atoms with Crippen molar-refractivity contribution in [2.75, 3.05) is 20.3 Å². The normalized spacial score (nSPS) is 35.5. The van der Waals surface area contributed by atoms with Crippen LogP contribution >= 0.6 is 0 Å². The van der Waals surface area contributed by atoms with Gasteiger partial charge in [0.25, 0.3) is 0 Å². The standard InChI is InChI=1S/C22H30FNO4/c1-21(2)13-11-15-19(14-5-4-6-16(27-3)18(14)23)28-10-8-22(15,12-13)20(21)24-17(26)7-9-25/h4-6,13,15,19-20,25H,7-12H2,1-3H3,(H,24,26)/t13-,15-,19-,20-,22?/m1/s1. The number of methoxy groups -OCH3 is 1. The fourth-order valence-corrected chi connectivity index (χ4v) is 6.34. The molecule has 1 unspecified atom stereocenters. The molecule has 2 N–H and O–H groups in total. The Kier molecular flexibility index (Phi) is 4.91. The van der Waals surface area contributed by atoms with Crippen LogP contribution in [0.1, 0.15) is 51.2 Å². The number of ether oxygens (including phenoxy) is 2. The van der Waals surface area contributed by atoms with E-state index in [0.717, 1.165) is 19.3 Å². The number of benzene rings is 1. The molecule has 4 rings (SSSR count). The Morgan fingerprint density at radius 3 is 2.93 bits per heavy atom. The summed E-state index contributed by atoms with van der Waals surface area (Å²) in [5.41, 5.74) is 0.419. The van der Waals surface area contributed by atoms with E-state index < -0.39 is 0 Å². The van der Waals surface area contributed by atoms with E-state index in [0.29, 0.717) is 18.1 Å². The summed E-state index contributed by atoms with van der Waals surface area (Å²) in [4.78, 5) is 12.3. The van der Waals surface area contributed by atoms with Crippen LogP contribution in [0.5, 0.6) is 5.75 Å². The van der Waals surface area contributed by atoms with Crippen molar-refractivity contribution < 1.29 is 23.8 Å². The largest absolute Gasteiger partial charge is 0.494 e. The highest BCUT2D eigenvalue weighted by Crippen LogP contribution is 2.70. The van der Waals surface area contributed by atoms with E-state index in [9.17, 15) is 4.79 Å². The first-order chi connectivity index (χ1) is 13.3. The van der Waals surface area contributed by atoms with Gasteiger partial charge in [-0.3, -0.25) is 4.79 Å². The first-order valence-electron chi connectivity index (χ1n) is 10.2. The zero-order valence-electron chi connectivity index (χ0n) is 16.8.